The van der Waals surface area contributed by atoms with Gasteiger partial charge in [0.2, 0.25) is 5.91 Å². The van der Waals surface area contributed by atoms with Crippen molar-refractivity contribution in [3.05, 3.63) is 0 Å². The van der Waals surface area contributed by atoms with Crippen LogP contribution in [-0.4, -0.2) is 61.3 Å². The van der Waals surface area contributed by atoms with Crippen molar-refractivity contribution in [2.75, 3.05) is 39.4 Å². The number of likely N-dealkylation sites (tertiary alicyclic amines) is 1. The highest BCUT2D eigenvalue weighted by Gasteiger charge is 2.26. The van der Waals surface area contributed by atoms with E-state index in [1.54, 1.807) is 4.90 Å². The van der Waals surface area contributed by atoms with Crippen molar-refractivity contribution in [3.8, 4) is 0 Å². The third-order valence-electron chi connectivity index (χ3n) is 3.35. The normalized spacial score (nSPS) is 16.6. The van der Waals surface area contributed by atoms with Crippen LogP contribution in [0.4, 0.5) is 0 Å². The smallest absolute Gasteiger partial charge is 0.306 e. The number of carboxylic acid groups (broad SMARTS) is 1. The first-order chi connectivity index (χ1) is 9.50. The highest BCUT2D eigenvalue weighted by molar-refractivity contribution is 5.78. The molecular formula is C14H26N2O4. The van der Waals surface area contributed by atoms with Crippen LogP contribution in [0.15, 0.2) is 0 Å². The number of nitrogens with one attached hydrogen (secondary N) is 1. The van der Waals surface area contributed by atoms with Gasteiger partial charge in [0.1, 0.15) is 0 Å². The third kappa shape index (κ3) is 6.34. The second kappa shape index (κ2) is 8.92. The van der Waals surface area contributed by atoms with E-state index in [4.69, 9.17) is 9.84 Å². The van der Waals surface area contributed by atoms with Crippen molar-refractivity contribution in [1.82, 2.24) is 10.2 Å². The Kier molecular flexibility index (Phi) is 7.54. The molecule has 116 valence electrons. The topological polar surface area (TPSA) is 78.9 Å². The summed E-state index contributed by atoms with van der Waals surface area (Å²) in [7, 11) is 0. The van der Waals surface area contributed by atoms with Crippen LogP contribution in [0.1, 0.15) is 26.7 Å². The number of aliphatic carboxylic acids is 1. The maximum absolute atomic E-state index is 11.9. The zero-order valence-electron chi connectivity index (χ0n) is 12.4. The Labute approximate surface area is 120 Å². The standard InChI is InChI=1S/C14H26N2O4/c1-11(2)10-20-8-5-15-9-13(17)16-6-3-12(4-7-16)14(18)19/h11-12,15H,3-10H2,1-2H3,(H,18,19). The molecular weight excluding hydrogens is 260 g/mol. The monoisotopic (exact) mass is 286 g/mol. The summed E-state index contributed by atoms with van der Waals surface area (Å²) in [6.45, 7) is 7.57. The van der Waals surface area contributed by atoms with Crippen molar-refractivity contribution < 1.29 is 19.4 Å². The van der Waals surface area contributed by atoms with Gasteiger partial charge in [-0.15, -0.1) is 0 Å². The molecule has 0 unspecified atom stereocenters. The number of amides is 1. The van der Waals surface area contributed by atoms with Gasteiger partial charge >= 0.3 is 5.97 Å². The van der Waals surface area contributed by atoms with Crippen LogP contribution in [0.25, 0.3) is 0 Å². The first-order valence-electron chi connectivity index (χ1n) is 7.29. The van der Waals surface area contributed by atoms with E-state index in [2.05, 4.69) is 19.2 Å². The SMILES string of the molecule is CC(C)COCCNCC(=O)N1CCC(C(=O)O)CC1. The van der Waals surface area contributed by atoms with Gasteiger partial charge in [0.25, 0.3) is 0 Å². The minimum Gasteiger partial charge on any atom is -0.481 e. The van der Waals surface area contributed by atoms with E-state index in [0.29, 0.717) is 51.5 Å². The number of rotatable bonds is 8. The first kappa shape index (κ1) is 16.9. The van der Waals surface area contributed by atoms with E-state index < -0.39 is 5.97 Å². The maximum atomic E-state index is 11.9. The van der Waals surface area contributed by atoms with Crippen molar-refractivity contribution >= 4 is 11.9 Å². The summed E-state index contributed by atoms with van der Waals surface area (Å²) in [5.74, 6) is -0.487. The van der Waals surface area contributed by atoms with Gasteiger partial charge in [0, 0.05) is 26.2 Å². The number of hydrogen-bond acceptors (Lipinski definition) is 4. The lowest BCUT2D eigenvalue weighted by molar-refractivity contribution is -0.145. The van der Waals surface area contributed by atoms with Crippen LogP contribution in [0, 0.1) is 11.8 Å². The lowest BCUT2D eigenvalue weighted by atomic mass is 9.97. The molecule has 0 spiro atoms. The Bertz CT molecular complexity index is 312. The molecule has 0 bridgehead atoms. The van der Waals surface area contributed by atoms with E-state index in [1.165, 1.54) is 0 Å². The van der Waals surface area contributed by atoms with Crippen LogP contribution >= 0.6 is 0 Å². The van der Waals surface area contributed by atoms with Crippen molar-refractivity contribution in [1.29, 1.82) is 0 Å². The quantitative estimate of drug-likeness (QED) is 0.638. The summed E-state index contributed by atoms with van der Waals surface area (Å²) in [5.41, 5.74) is 0. The number of ether oxygens (including phenoxy) is 1. The molecule has 0 radical (unpaired) electrons. The van der Waals surface area contributed by atoms with Gasteiger partial charge in [-0.1, -0.05) is 13.8 Å². The third-order valence-corrected chi connectivity index (χ3v) is 3.35. The molecule has 6 nitrogen and oxygen atoms in total. The van der Waals surface area contributed by atoms with Crippen LogP contribution in [0.5, 0.6) is 0 Å². The highest BCUT2D eigenvalue weighted by Crippen LogP contribution is 2.16. The summed E-state index contributed by atoms with van der Waals surface area (Å²) in [5, 5.41) is 12.0. The predicted octanol–water partition coefficient (Wildman–Crippen LogP) is 0.572. The Morgan fingerprint density at radius 1 is 1.35 bits per heavy atom. The molecule has 0 aromatic heterocycles. The average Bonchev–Trinajstić information content (AvgIpc) is 2.42. The Hall–Kier alpha value is -1.14. The molecule has 1 amide bonds. The zero-order chi connectivity index (χ0) is 15.0. The summed E-state index contributed by atoms with van der Waals surface area (Å²) in [6.07, 6.45) is 1.11. The zero-order valence-corrected chi connectivity index (χ0v) is 12.4. The Morgan fingerprint density at radius 2 is 2.00 bits per heavy atom. The van der Waals surface area contributed by atoms with Crippen LogP contribution < -0.4 is 5.32 Å². The number of piperidine rings is 1. The second-order valence-corrected chi connectivity index (χ2v) is 5.64. The second-order valence-electron chi connectivity index (χ2n) is 5.64. The van der Waals surface area contributed by atoms with Gasteiger partial charge in [-0.25, -0.2) is 0 Å². The molecule has 1 aliphatic heterocycles. The summed E-state index contributed by atoms with van der Waals surface area (Å²) >= 11 is 0. The molecule has 6 heteroatoms. The number of nitrogens with zero attached hydrogens (tertiary/aromatic N) is 1. The van der Waals surface area contributed by atoms with Gasteiger partial charge in [0.05, 0.1) is 19.1 Å². The minimum atomic E-state index is -0.752. The summed E-state index contributed by atoms with van der Waals surface area (Å²) < 4.78 is 5.41. The molecule has 1 heterocycles. The van der Waals surface area contributed by atoms with Gasteiger partial charge in [-0.3, -0.25) is 9.59 Å². The van der Waals surface area contributed by atoms with E-state index >= 15 is 0 Å². The first-order valence-corrected chi connectivity index (χ1v) is 7.29. The molecule has 0 atom stereocenters. The number of carbonyl (C=O) groups excluding carboxylic acids is 1. The largest absolute Gasteiger partial charge is 0.481 e. The van der Waals surface area contributed by atoms with Crippen LogP contribution in [-0.2, 0) is 14.3 Å². The van der Waals surface area contributed by atoms with Gasteiger partial charge in [-0.05, 0) is 18.8 Å². The Balaban J connectivity index is 2.07. The highest BCUT2D eigenvalue weighted by atomic mass is 16.5. The van der Waals surface area contributed by atoms with E-state index in [9.17, 15) is 9.59 Å². The molecule has 0 aliphatic carbocycles. The van der Waals surface area contributed by atoms with Gasteiger partial charge < -0.3 is 20.1 Å². The van der Waals surface area contributed by atoms with Gasteiger partial charge in [-0.2, -0.15) is 0 Å². The molecule has 20 heavy (non-hydrogen) atoms. The van der Waals surface area contributed by atoms with E-state index in [0.717, 1.165) is 6.61 Å². The van der Waals surface area contributed by atoms with Crippen molar-refractivity contribution in [2.45, 2.75) is 26.7 Å². The molecule has 0 aromatic carbocycles. The average molecular weight is 286 g/mol. The fourth-order valence-corrected chi connectivity index (χ4v) is 2.15. The summed E-state index contributed by atoms with van der Waals surface area (Å²) in [4.78, 5) is 24.4. The molecule has 1 aliphatic rings. The van der Waals surface area contributed by atoms with E-state index in [1.807, 2.05) is 0 Å². The van der Waals surface area contributed by atoms with Crippen molar-refractivity contribution in [3.63, 3.8) is 0 Å². The van der Waals surface area contributed by atoms with Crippen LogP contribution in [0.2, 0.25) is 0 Å². The molecule has 1 rings (SSSR count). The summed E-state index contributed by atoms with van der Waals surface area (Å²) in [6, 6.07) is 0. The Morgan fingerprint density at radius 3 is 2.55 bits per heavy atom. The van der Waals surface area contributed by atoms with Gasteiger partial charge in [0.15, 0.2) is 0 Å². The predicted molar refractivity (Wildman–Crippen MR) is 75.5 cm³/mol. The molecule has 1 fully saturated rings. The van der Waals surface area contributed by atoms with Crippen molar-refractivity contribution in [2.24, 2.45) is 11.8 Å². The van der Waals surface area contributed by atoms with E-state index in [-0.39, 0.29) is 11.8 Å². The number of hydrogen-bond donors (Lipinski definition) is 2. The molecule has 0 saturated carbocycles. The lowest BCUT2D eigenvalue weighted by Gasteiger charge is -2.30. The fraction of sp³-hybridized carbons (Fsp3) is 0.857. The molecule has 2 N–H and O–H groups in total. The fourth-order valence-electron chi connectivity index (χ4n) is 2.15. The molecule has 1 saturated heterocycles. The number of carboxylic acids is 1. The lowest BCUT2D eigenvalue weighted by Crippen LogP contribution is -2.44. The maximum Gasteiger partial charge on any atom is 0.306 e. The minimum absolute atomic E-state index is 0.0395. The number of carbonyl (C=O) groups is 2. The van der Waals surface area contributed by atoms with Crippen LogP contribution in [0.3, 0.4) is 0 Å². The molecule has 0 aromatic rings.